The van der Waals surface area contributed by atoms with Gasteiger partial charge >= 0.3 is 0 Å². The number of hydrogen-bond acceptors (Lipinski definition) is 9. The van der Waals surface area contributed by atoms with E-state index < -0.39 is 0 Å². The second-order valence-electron chi connectivity index (χ2n) is 9.80. The number of aromatic nitrogens is 3. The van der Waals surface area contributed by atoms with Gasteiger partial charge in [-0.05, 0) is 35.9 Å². The number of nitrogens with one attached hydrogen (secondary N) is 2. The minimum atomic E-state index is 0.0765. The van der Waals surface area contributed by atoms with Gasteiger partial charge in [-0.15, -0.1) is 0 Å². The molecule has 0 atom stereocenters. The molecule has 3 aromatic rings. The van der Waals surface area contributed by atoms with Crippen LogP contribution in [0.25, 0.3) is 11.3 Å². The predicted molar refractivity (Wildman–Crippen MR) is 147 cm³/mol. The standard InChI is InChI=1S/C28H36N8O2/c1-38-16-15-34-10-9-29-27(37)21-36-13-11-35(12-14-36)19-22-3-2-4-24(17-22)32-28-30-8-7-26(33-28)23-5-6-25(20-34)31-18-23/h2-8,17-18H,9-16,19-21H2,1H3,(H,29,37)(H,30,32,33). The van der Waals surface area contributed by atoms with Crippen molar-refractivity contribution in [3.8, 4) is 11.3 Å². The predicted octanol–water partition coefficient (Wildman–Crippen LogP) is 1.98. The van der Waals surface area contributed by atoms with Gasteiger partial charge in [0, 0.05) is 89.7 Å². The maximum atomic E-state index is 12.6. The summed E-state index contributed by atoms with van der Waals surface area (Å²) in [6, 6.07) is 14.3. The fraction of sp³-hybridized carbons (Fsp3) is 0.429. The molecule has 0 unspecified atom stereocenters. The summed E-state index contributed by atoms with van der Waals surface area (Å²) >= 11 is 0. The van der Waals surface area contributed by atoms with Gasteiger partial charge in [0.05, 0.1) is 24.5 Å². The van der Waals surface area contributed by atoms with Crippen molar-refractivity contribution in [2.75, 3.05) is 71.4 Å². The number of carbonyl (C=O) groups is 1. The molecule has 10 nitrogen and oxygen atoms in total. The molecule has 8 bridgehead atoms. The molecule has 38 heavy (non-hydrogen) atoms. The van der Waals surface area contributed by atoms with Gasteiger partial charge in [-0.25, -0.2) is 9.97 Å². The van der Waals surface area contributed by atoms with E-state index in [9.17, 15) is 4.79 Å². The summed E-state index contributed by atoms with van der Waals surface area (Å²) < 4.78 is 5.30. The topological polar surface area (TPSA) is 98.8 Å². The van der Waals surface area contributed by atoms with Crippen LogP contribution < -0.4 is 10.6 Å². The quantitative estimate of drug-likeness (QED) is 0.541. The molecule has 1 amide bonds. The zero-order valence-corrected chi connectivity index (χ0v) is 22.0. The third-order valence-electron chi connectivity index (χ3n) is 6.94. The fourth-order valence-corrected chi connectivity index (χ4v) is 4.82. The van der Waals surface area contributed by atoms with Gasteiger partial charge in [-0.3, -0.25) is 24.5 Å². The van der Waals surface area contributed by atoms with Crippen LogP contribution in [0.3, 0.4) is 0 Å². The molecule has 7 heterocycles. The third-order valence-corrected chi connectivity index (χ3v) is 6.94. The summed E-state index contributed by atoms with van der Waals surface area (Å²) in [6.07, 6.45) is 3.62. The van der Waals surface area contributed by atoms with Crippen LogP contribution in [-0.4, -0.2) is 102 Å². The zero-order chi connectivity index (χ0) is 26.2. The van der Waals surface area contributed by atoms with Crippen LogP contribution in [0.15, 0.2) is 54.9 Å². The van der Waals surface area contributed by atoms with Gasteiger partial charge in [0.25, 0.3) is 0 Å². The molecule has 1 aromatic carbocycles. The van der Waals surface area contributed by atoms with Crippen molar-refractivity contribution in [1.82, 2.24) is 35.0 Å². The average molecular weight is 517 g/mol. The van der Waals surface area contributed by atoms with Gasteiger partial charge in [-0.2, -0.15) is 0 Å². The van der Waals surface area contributed by atoms with Crippen molar-refractivity contribution in [1.29, 1.82) is 0 Å². The number of nitrogens with zero attached hydrogens (tertiary/aromatic N) is 6. The lowest BCUT2D eigenvalue weighted by atomic mass is 10.1. The molecule has 10 heteroatoms. The number of rotatable bonds is 3. The molecule has 8 rings (SSSR count). The molecule has 0 aliphatic carbocycles. The minimum Gasteiger partial charge on any atom is -0.383 e. The van der Waals surface area contributed by atoms with Crippen molar-refractivity contribution >= 4 is 17.5 Å². The molecule has 0 spiro atoms. The number of carbonyl (C=O) groups excluding carboxylic acids is 1. The van der Waals surface area contributed by atoms with Crippen LogP contribution in [0.1, 0.15) is 11.3 Å². The summed E-state index contributed by atoms with van der Waals surface area (Å²) in [7, 11) is 1.70. The number of pyridine rings is 1. The summed E-state index contributed by atoms with van der Waals surface area (Å²) in [5.74, 6) is 0.631. The lowest BCUT2D eigenvalue weighted by Gasteiger charge is -2.34. The highest BCUT2D eigenvalue weighted by Gasteiger charge is 2.19. The largest absolute Gasteiger partial charge is 0.383 e. The Balaban J connectivity index is 1.37. The normalized spacial score (nSPS) is 21.0. The van der Waals surface area contributed by atoms with Crippen molar-refractivity contribution in [3.05, 3.63) is 66.1 Å². The van der Waals surface area contributed by atoms with Gasteiger partial charge in [0.2, 0.25) is 11.9 Å². The summed E-state index contributed by atoms with van der Waals surface area (Å²) in [4.78, 5) is 33.4. The lowest BCUT2D eigenvalue weighted by molar-refractivity contribution is -0.122. The molecule has 2 aromatic heterocycles. The SMILES string of the molecule is COCCN1CCNC(=O)CN2CCN(CC2)Cc2cccc(c2)Nc2nccc(n2)-c2ccc(nc2)C1. The van der Waals surface area contributed by atoms with E-state index >= 15 is 0 Å². The average Bonchev–Trinajstić information content (AvgIpc) is 2.93. The number of methoxy groups -OCH3 is 1. The Bertz CT molecular complexity index is 1200. The van der Waals surface area contributed by atoms with Crippen LogP contribution in [-0.2, 0) is 22.6 Å². The zero-order valence-electron chi connectivity index (χ0n) is 22.0. The Labute approximate surface area is 224 Å². The highest BCUT2D eigenvalue weighted by molar-refractivity contribution is 5.78. The van der Waals surface area contributed by atoms with Crippen LogP contribution >= 0.6 is 0 Å². The highest BCUT2D eigenvalue weighted by atomic mass is 16.5. The number of benzene rings is 1. The van der Waals surface area contributed by atoms with E-state index in [2.05, 4.69) is 48.5 Å². The van der Waals surface area contributed by atoms with E-state index in [1.807, 2.05) is 30.5 Å². The maximum Gasteiger partial charge on any atom is 0.234 e. The van der Waals surface area contributed by atoms with Crippen molar-refractivity contribution in [2.45, 2.75) is 13.1 Å². The molecule has 0 saturated carbocycles. The third kappa shape index (κ3) is 7.32. The second-order valence-corrected chi connectivity index (χ2v) is 9.80. The molecular formula is C28H36N8O2. The molecule has 1 saturated heterocycles. The maximum absolute atomic E-state index is 12.6. The molecule has 200 valence electrons. The molecule has 1 fully saturated rings. The van der Waals surface area contributed by atoms with Gasteiger partial charge < -0.3 is 15.4 Å². The summed E-state index contributed by atoms with van der Waals surface area (Å²) in [5.41, 5.74) is 4.89. The number of amides is 1. The smallest absolute Gasteiger partial charge is 0.234 e. The Morgan fingerprint density at radius 1 is 0.947 bits per heavy atom. The van der Waals surface area contributed by atoms with E-state index in [0.29, 0.717) is 32.2 Å². The molecule has 0 radical (unpaired) electrons. The first-order valence-corrected chi connectivity index (χ1v) is 13.2. The monoisotopic (exact) mass is 516 g/mol. The summed E-state index contributed by atoms with van der Waals surface area (Å²) in [6.45, 7) is 8.32. The van der Waals surface area contributed by atoms with E-state index in [1.165, 1.54) is 5.56 Å². The van der Waals surface area contributed by atoms with Crippen LogP contribution in [0.2, 0.25) is 0 Å². The number of ether oxygens (including phenoxy) is 1. The molecule has 5 aliphatic rings. The van der Waals surface area contributed by atoms with Crippen LogP contribution in [0, 0.1) is 0 Å². The van der Waals surface area contributed by atoms with E-state index in [4.69, 9.17) is 14.7 Å². The van der Waals surface area contributed by atoms with Gasteiger partial charge in [0.1, 0.15) is 0 Å². The Hall–Kier alpha value is -3.44. The first-order valence-electron chi connectivity index (χ1n) is 13.2. The van der Waals surface area contributed by atoms with Crippen LogP contribution in [0.5, 0.6) is 0 Å². The number of piperazine rings is 1. The van der Waals surface area contributed by atoms with Crippen molar-refractivity contribution in [3.63, 3.8) is 0 Å². The second kappa shape index (κ2) is 12.9. The molecule has 2 N–H and O–H groups in total. The lowest BCUT2D eigenvalue weighted by Crippen LogP contribution is -2.49. The minimum absolute atomic E-state index is 0.0765. The Morgan fingerprint density at radius 3 is 2.58 bits per heavy atom. The van der Waals surface area contributed by atoms with E-state index in [1.54, 1.807) is 13.3 Å². The molecular weight excluding hydrogens is 480 g/mol. The first kappa shape index (κ1) is 26.2. The summed E-state index contributed by atoms with van der Waals surface area (Å²) in [5, 5.41) is 6.46. The van der Waals surface area contributed by atoms with Crippen molar-refractivity contribution < 1.29 is 9.53 Å². The number of hydrogen-bond donors (Lipinski definition) is 2. The molecule has 5 aliphatic heterocycles. The highest BCUT2D eigenvalue weighted by Crippen LogP contribution is 2.21. The van der Waals surface area contributed by atoms with Gasteiger partial charge in [0.15, 0.2) is 0 Å². The van der Waals surface area contributed by atoms with E-state index in [-0.39, 0.29) is 5.91 Å². The van der Waals surface area contributed by atoms with E-state index in [0.717, 1.165) is 68.5 Å². The van der Waals surface area contributed by atoms with Gasteiger partial charge in [-0.1, -0.05) is 12.1 Å². The Kier molecular flexibility index (Phi) is 8.87. The fourth-order valence-electron chi connectivity index (χ4n) is 4.82. The van der Waals surface area contributed by atoms with Crippen molar-refractivity contribution in [2.24, 2.45) is 0 Å². The Morgan fingerprint density at radius 2 is 1.79 bits per heavy atom. The van der Waals surface area contributed by atoms with Crippen LogP contribution in [0.4, 0.5) is 11.6 Å². The first-order chi connectivity index (χ1) is 18.6. The number of anilines is 2.